The zero-order valence-electron chi connectivity index (χ0n) is 12.4. The molecule has 0 aromatic carbocycles. The molecule has 0 heterocycles. The van der Waals surface area contributed by atoms with E-state index in [1.54, 1.807) is 0 Å². The number of unbranched alkanes of at least 4 members (excludes halogenated alkanes) is 2. The minimum Gasteiger partial charge on any atom is -0.310 e. The van der Waals surface area contributed by atoms with E-state index in [1.165, 1.54) is 24.8 Å². The first kappa shape index (κ1) is 17.2. The highest BCUT2D eigenvalue weighted by Gasteiger charge is 2.10. The van der Waals surface area contributed by atoms with Crippen molar-refractivity contribution in [1.82, 2.24) is 5.32 Å². The van der Waals surface area contributed by atoms with Gasteiger partial charge in [-0.25, -0.2) is 0 Å². The van der Waals surface area contributed by atoms with Gasteiger partial charge in [-0.1, -0.05) is 63.6 Å². The fourth-order valence-corrected chi connectivity index (χ4v) is 1.98. The normalized spacial score (nSPS) is 12.1. The Kier molecular flexibility index (Phi) is 10.8. The van der Waals surface area contributed by atoms with E-state index in [0.717, 1.165) is 37.8 Å². The quantitative estimate of drug-likeness (QED) is 0.291. The summed E-state index contributed by atoms with van der Waals surface area (Å²) in [6.07, 6.45) is 10.1. The summed E-state index contributed by atoms with van der Waals surface area (Å²) >= 11 is 0. The second-order valence-corrected chi connectivity index (χ2v) is 4.98. The fourth-order valence-electron chi connectivity index (χ4n) is 1.98. The van der Waals surface area contributed by atoms with Crippen molar-refractivity contribution in [1.29, 1.82) is 0 Å². The van der Waals surface area contributed by atoms with Crippen LogP contribution in [0.4, 0.5) is 0 Å². The summed E-state index contributed by atoms with van der Waals surface area (Å²) in [4.78, 5) is 0. The maximum absolute atomic E-state index is 4.19. The van der Waals surface area contributed by atoms with Gasteiger partial charge in [-0.3, -0.25) is 0 Å². The Balaban J connectivity index is 3.95. The summed E-state index contributed by atoms with van der Waals surface area (Å²) in [6.45, 7) is 17.4. The van der Waals surface area contributed by atoms with E-state index in [0.29, 0.717) is 6.04 Å². The van der Waals surface area contributed by atoms with E-state index >= 15 is 0 Å². The Labute approximate surface area is 114 Å². The molecule has 0 aliphatic rings. The van der Waals surface area contributed by atoms with Crippen LogP contribution in [0.25, 0.3) is 0 Å². The molecule has 1 heteroatoms. The van der Waals surface area contributed by atoms with Crippen LogP contribution in [0.5, 0.6) is 0 Å². The topological polar surface area (TPSA) is 12.0 Å². The van der Waals surface area contributed by atoms with Gasteiger partial charge in [0.1, 0.15) is 0 Å². The van der Waals surface area contributed by atoms with E-state index < -0.39 is 0 Å². The molecule has 0 saturated carbocycles. The van der Waals surface area contributed by atoms with Gasteiger partial charge in [0.15, 0.2) is 0 Å². The second kappa shape index (κ2) is 11.3. The Morgan fingerprint density at radius 3 is 2.44 bits per heavy atom. The van der Waals surface area contributed by atoms with Gasteiger partial charge in [-0.2, -0.15) is 0 Å². The van der Waals surface area contributed by atoms with Gasteiger partial charge in [0.25, 0.3) is 0 Å². The van der Waals surface area contributed by atoms with E-state index in [2.05, 4.69) is 38.9 Å². The molecule has 0 aliphatic heterocycles. The smallest absolute Gasteiger partial charge is 0.0276 e. The molecule has 0 bridgehead atoms. The van der Waals surface area contributed by atoms with Gasteiger partial charge >= 0.3 is 0 Å². The van der Waals surface area contributed by atoms with Gasteiger partial charge in [0.2, 0.25) is 0 Å². The first-order valence-corrected chi connectivity index (χ1v) is 7.36. The third-order valence-electron chi connectivity index (χ3n) is 3.40. The zero-order chi connectivity index (χ0) is 13.8. The molecule has 0 fully saturated rings. The minimum atomic E-state index is 0.476. The van der Waals surface area contributed by atoms with Crippen molar-refractivity contribution in [3.63, 3.8) is 0 Å². The second-order valence-electron chi connectivity index (χ2n) is 4.98. The third kappa shape index (κ3) is 8.30. The maximum atomic E-state index is 4.19. The highest BCUT2D eigenvalue weighted by atomic mass is 14.9. The molecular weight excluding hydrogens is 218 g/mol. The first-order chi connectivity index (χ1) is 8.65. The van der Waals surface area contributed by atoms with Crippen molar-refractivity contribution in [2.75, 3.05) is 6.54 Å². The van der Waals surface area contributed by atoms with Crippen LogP contribution in [0.2, 0.25) is 0 Å². The van der Waals surface area contributed by atoms with Crippen molar-refractivity contribution in [3.8, 4) is 0 Å². The van der Waals surface area contributed by atoms with Crippen LogP contribution >= 0.6 is 0 Å². The van der Waals surface area contributed by atoms with Crippen LogP contribution in [-0.4, -0.2) is 12.6 Å². The predicted molar refractivity (Wildman–Crippen MR) is 83.9 cm³/mol. The lowest BCUT2D eigenvalue weighted by Gasteiger charge is -2.20. The molecule has 1 N–H and O–H groups in total. The number of rotatable bonds is 12. The number of hydrogen-bond donors (Lipinski definition) is 1. The highest BCUT2D eigenvalue weighted by Crippen LogP contribution is 2.14. The Bertz CT molecular complexity index is 252. The molecule has 0 aromatic rings. The molecule has 0 aliphatic carbocycles. The molecule has 0 radical (unpaired) electrons. The van der Waals surface area contributed by atoms with Crippen LogP contribution in [0.1, 0.15) is 58.8 Å². The summed E-state index contributed by atoms with van der Waals surface area (Å²) < 4.78 is 0. The van der Waals surface area contributed by atoms with Gasteiger partial charge < -0.3 is 5.32 Å². The molecule has 18 heavy (non-hydrogen) atoms. The molecule has 0 aromatic heterocycles. The summed E-state index contributed by atoms with van der Waals surface area (Å²) in [6, 6.07) is 0.476. The monoisotopic (exact) mass is 249 g/mol. The van der Waals surface area contributed by atoms with E-state index in [4.69, 9.17) is 0 Å². The van der Waals surface area contributed by atoms with Crippen molar-refractivity contribution in [2.45, 2.75) is 64.8 Å². The molecule has 0 rings (SSSR count). The summed E-state index contributed by atoms with van der Waals surface area (Å²) in [7, 11) is 0. The minimum absolute atomic E-state index is 0.476. The maximum Gasteiger partial charge on any atom is 0.0276 e. The van der Waals surface area contributed by atoms with E-state index in [9.17, 15) is 0 Å². The van der Waals surface area contributed by atoms with Gasteiger partial charge in [-0.05, 0) is 38.6 Å². The van der Waals surface area contributed by atoms with Crippen LogP contribution in [0.15, 0.2) is 37.0 Å². The largest absolute Gasteiger partial charge is 0.310 e. The lowest BCUT2D eigenvalue weighted by atomic mass is 9.98. The van der Waals surface area contributed by atoms with Crippen LogP contribution in [0.3, 0.4) is 0 Å². The van der Waals surface area contributed by atoms with E-state index in [-0.39, 0.29) is 0 Å². The zero-order valence-corrected chi connectivity index (χ0v) is 12.4. The average Bonchev–Trinajstić information content (AvgIpc) is 2.40. The predicted octanol–water partition coefficient (Wildman–Crippen LogP) is 5.01. The Morgan fingerprint density at radius 2 is 1.89 bits per heavy atom. The average molecular weight is 249 g/mol. The molecule has 0 amide bonds. The van der Waals surface area contributed by atoms with Crippen LogP contribution in [-0.2, 0) is 0 Å². The Hall–Kier alpha value is -0.820. The van der Waals surface area contributed by atoms with Crippen LogP contribution < -0.4 is 5.32 Å². The summed E-state index contributed by atoms with van der Waals surface area (Å²) in [5.41, 5.74) is 2.47. The standard InChI is InChI=1S/C17H31N/c1-6-9-10-14-18-17(16(5)8-3)13-11-12-15(4)7-2/h7,17-18H,2,4-6,8-14H2,1,3H3. The summed E-state index contributed by atoms with van der Waals surface area (Å²) in [5.74, 6) is 0. The van der Waals surface area contributed by atoms with Crippen LogP contribution in [0, 0.1) is 0 Å². The first-order valence-electron chi connectivity index (χ1n) is 7.36. The number of hydrogen-bond acceptors (Lipinski definition) is 1. The molecule has 0 saturated heterocycles. The molecule has 1 nitrogen and oxygen atoms in total. The lowest BCUT2D eigenvalue weighted by Crippen LogP contribution is -2.31. The van der Waals surface area contributed by atoms with Gasteiger partial charge in [0, 0.05) is 6.04 Å². The fraction of sp³-hybridized carbons (Fsp3) is 0.647. The van der Waals surface area contributed by atoms with Gasteiger partial charge in [-0.15, -0.1) is 0 Å². The van der Waals surface area contributed by atoms with Gasteiger partial charge in [0.05, 0.1) is 0 Å². The highest BCUT2D eigenvalue weighted by molar-refractivity contribution is 5.11. The lowest BCUT2D eigenvalue weighted by molar-refractivity contribution is 0.496. The number of allylic oxidation sites excluding steroid dienone is 2. The third-order valence-corrected chi connectivity index (χ3v) is 3.40. The SMILES string of the molecule is C=CC(=C)CCCC(NCCCCC)C(=C)CC. The molecule has 0 spiro atoms. The molecule has 104 valence electrons. The number of nitrogens with one attached hydrogen (secondary N) is 1. The molecule has 1 unspecified atom stereocenters. The summed E-state index contributed by atoms with van der Waals surface area (Å²) in [5, 5.41) is 3.64. The Morgan fingerprint density at radius 1 is 1.17 bits per heavy atom. The van der Waals surface area contributed by atoms with Crippen molar-refractivity contribution >= 4 is 0 Å². The van der Waals surface area contributed by atoms with E-state index in [1.807, 2.05) is 6.08 Å². The molecule has 1 atom stereocenters. The van der Waals surface area contributed by atoms with Crippen molar-refractivity contribution < 1.29 is 0 Å². The van der Waals surface area contributed by atoms with Crippen molar-refractivity contribution in [2.24, 2.45) is 0 Å². The molecular formula is C17H31N. The van der Waals surface area contributed by atoms with Crippen molar-refractivity contribution in [3.05, 3.63) is 37.0 Å².